The number of fused-ring (bicyclic) bond motifs is 2. The third kappa shape index (κ3) is 3.34. The number of nitrogens with zero attached hydrogens (tertiary/aromatic N) is 1. The molecule has 0 aliphatic carbocycles. The van der Waals surface area contributed by atoms with Crippen LogP contribution < -0.4 is 15.7 Å². The maximum Gasteiger partial charge on any atom is 0.323 e. The van der Waals surface area contributed by atoms with Crippen molar-refractivity contribution in [1.82, 2.24) is 14.7 Å². The summed E-state index contributed by atoms with van der Waals surface area (Å²) in [6, 6.07) is 11.6. The highest BCUT2D eigenvalue weighted by molar-refractivity contribution is 7.90. The van der Waals surface area contributed by atoms with Crippen molar-refractivity contribution in [2.75, 3.05) is 11.9 Å². The van der Waals surface area contributed by atoms with Crippen LogP contribution in [0.1, 0.15) is 12.0 Å². The van der Waals surface area contributed by atoms with Gasteiger partial charge in [-0.05, 0) is 30.3 Å². The average Bonchev–Trinajstić information content (AvgIpc) is 3.11. The van der Waals surface area contributed by atoms with E-state index in [2.05, 4.69) is 25.0 Å². The average molecular weight is 385 g/mol. The molecule has 4 N–H and O–H groups in total. The number of aromatic amines is 2. The van der Waals surface area contributed by atoms with Crippen molar-refractivity contribution in [3.63, 3.8) is 0 Å². The number of H-pyrrole nitrogens is 2. The van der Waals surface area contributed by atoms with E-state index in [1.54, 1.807) is 36.4 Å². The number of hydrogen-bond donors (Lipinski definition) is 4. The number of aliphatic imine (C=N–C) groups is 1. The standard InChI is InChI=1S/C17H15N5O4S/c23-15(19-10-5-6-12-13(9-10)21-17(24)20-12)7-8-18-16-11-3-1-2-4-14(11)27(25,26)22-16/h1-6,9H,7-8H2,(H,18,22)(H,19,23)(H2,20,21,24). The molecule has 10 heteroatoms. The Morgan fingerprint density at radius 3 is 2.70 bits per heavy atom. The van der Waals surface area contributed by atoms with E-state index >= 15 is 0 Å². The molecule has 1 aliphatic rings. The van der Waals surface area contributed by atoms with Crippen LogP contribution in [-0.2, 0) is 14.8 Å². The zero-order valence-electron chi connectivity index (χ0n) is 13.9. The largest absolute Gasteiger partial charge is 0.326 e. The van der Waals surface area contributed by atoms with Crippen molar-refractivity contribution in [1.29, 1.82) is 0 Å². The lowest BCUT2D eigenvalue weighted by Gasteiger charge is -2.04. The van der Waals surface area contributed by atoms with Crippen LogP contribution in [0.25, 0.3) is 11.0 Å². The van der Waals surface area contributed by atoms with Gasteiger partial charge < -0.3 is 15.3 Å². The molecule has 0 atom stereocenters. The molecule has 3 aromatic rings. The molecule has 1 aromatic heterocycles. The van der Waals surface area contributed by atoms with Gasteiger partial charge in [0.05, 0.1) is 22.5 Å². The molecular weight excluding hydrogens is 370 g/mol. The molecule has 0 bridgehead atoms. The van der Waals surface area contributed by atoms with E-state index in [-0.39, 0.29) is 35.3 Å². The second-order valence-corrected chi connectivity index (χ2v) is 7.62. The molecule has 4 rings (SSSR count). The predicted octanol–water partition coefficient (Wildman–Crippen LogP) is 0.923. The van der Waals surface area contributed by atoms with Crippen LogP contribution in [0.2, 0.25) is 0 Å². The van der Waals surface area contributed by atoms with Crippen molar-refractivity contribution in [3.05, 3.63) is 58.5 Å². The van der Waals surface area contributed by atoms with Gasteiger partial charge in [0.1, 0.15) is 5.84 Å². The van der Waals surface area contributed by atoms with E-state index in [0.717, 1.165) is 0 Å². The van der Waals surface area contributed by atoms with E-state index in [1.165, 1.54) is 6.07 Å². The molecule has 2 heterocycles. The second-order valence-electron chi connectivity index (χ2n) is 5.97. The number of imidazole rings is 1. The third-order valence-electron chi connectivity index (χ3n) is 4.07. The fraction of sp³-hybridized carbons (Fsp3) is 0.118. The minimum atomic E-state index is -3.59. The van der Waals surface area contributed by atoms with Gasteiger partial charge >= 0.3 is 5.69 Å². The van der Waals surface area contributed by atoms with Gasteiger partial charge in [0.25, 0.3) is 10.0 Å². The van der Waals surface area contributed by atoms with E-state index < -0.39 is 10.0 Å². The number of rotatable bonds is 4. The number of sulfonamides is 1. The Bertz CT molecular complexity index is 1240. The quantitative estimate of drug-likeness (QED) is 0.531. The van der Waals surface area contributed by atoms with Crippen LogP contribution in [0, 0.1) is 0 Å². The normalized spacial score (nSPS) is 16.2. The number of hydrogen-bond acceptors (Lipinski definition) is 5. The van der Waals surface area contributed by atoms with E-state index in [1.807, 2.05) is 0 Å². The van der Waals surface area contributed by atoms with Gasteiger partial charge in [0, 0.05) is 17.7 Å². The SMILES string of the molecule is O=C(CCN=C1NS(=O)(=O)c2ccccc21)Nc1ccc2[nH]c(=O)[nH]c2c1. The van der Waals surface area contributed by atoms with Crippen molar-refractivity contribution < 1.29 is 13.2 Å². The second kappa shape index (κ2) is 6.40. The first-order chi connectivity index (χ1) is 12.9. The van der Waals surface area contributed by atoms with Crippen LogP contribution in [0.4, 0.5) is 5.69 Å². The molecule has 1 amide bonds. The highest BCUT2D eigenvalue weighted by Crippen LogP contribution is 2.22. The zero-order chi connectivity index (χ0) is 19.0. The maximum absolute atomic E-state index is 12.1. The number of benzene rings is 2. The summed E-state index contributed by atoms with van der Waals surface area (Å²) in [7, 11) is -3.59. The highest BCUT2D eigenvalue weighted by atomic mass is 32.2. The first-order valence-corrected chi connectivity index (χ1v) is 9.59. The van der Waals surface area contributed by atoms with Crippen LogP contribution in [0.5, 0.6) is 0 Å². The molecule has 0 spiro atoms. The summed E-state index contributed by atoms with van der Waals surface area (Å²) >= 11 is 0. The molecule has 0 saturated heterocycles. The van der Waals surface area contributed by atoms with Gasteiger partial charge in [0.2, 0.25) is 5.91 Å². The summed E-state index contributed by atoms with van der Waals surface area (Å²) < 4.78 is 26.4. The first-order valence-electron chi connectivity index (χ1n) is 8.11. The fourth-order valence-electron chi connectivity index (χ4n) is 2.85. The van der Waals surface area contributed by atoms with Crippen molar-refractivity contribution in [2.24, 2.45) is 4.99 Å². The number of amidine groups is 1. The Morgan fingerprint density at radius 1 is 1.07 bits per heavy atom. The van der Waals surface area contributed by atoms with Gasteiger partial charge in [-0.15, -0.1) is 0 Å². The Hall–Kier alpha value is -3.40. The summed E-state index contributed by atoms with van der Waals surface area (Å²) in [4.78, 5) is 33.0. The number of amides is 1. The molecule has 0 radical (unpaired) electrons. The monoisotopic (exact) mass is 385 g/mol. The van der Waals surface area contributed by atoms with Gasteiger partial charge in [0.15, 0.2) is 0 Å². The van der Waals surface area contributed by atoms with E-state index in [4.69, 9.17) is 0 Å². The van der Waals surface area contributed by atoms with Gasteiger partial charge in [-0.2, -0.15) is 0 Å². The molecule has 2 aromatic carbocycles. The molecular formula is C17H15N5O4S. The predicted molar refractivity (Wildman–Crippen MR) is 100 cm³/mol. The Labute approximate surface area is 153 Å². The minimum absolute atomic E-state index is 0.0785. The number of aromatic nitrogens is 2. The van der Waals surface area contributed by atoms with Crippen LogP contribution >= 0.6 is 0 Å². The lowest BCUT2D eigenvalue weighted by atomic mass is 10.2. The number of anilines is 1. The lowest BCUT2D eigenvalue weighted by molar-refractivity contribution is -0.116. The molecule has 138 valence electrons. The van der Waals surface area contributed by atoms with Crippen molar-refractivity contribution in [2.45, 2.75) is 11.3 Å². The Balaban J connectivity index is 1.42. The Kier molecular flexibility index (Phi) is 4.04. The topological polar surface area (TPSA) is 136 Å². The molecule has 27 heavy (non-hydrogen) atoms. The lowest BCUT2D eigenvalue weighted by Crippen LogP contribution is -2.23. The minimum Gasteiger partial charge on any atom is -0.326 e. The number of carbonyl (C=O) groups is 1. The molecule has 1 aliphatic heterocycles. The molecule has 0 fully saturated rings. The van der Waals surface area contributed by atoms with E-state index in [0.29, 0.717) is 22.3 Å². The fourth-order valence-corrected chi connectivity index (χ4v) is 4.11. The van der Waals surface area contributed by atoms with Crippen molar-refractivity contribution in [3.8, 4) is 0 Å². The van der Waals surface area contributed by atoms with E-state index in [9.17, 15) is 18.0 Å². The number of nitrogens with one attached hydrogen (secondary N) is 4. The summed E-state index contributed by atoms with van der Waals surface area (Å²) in [5, 5.41) is 2.72. The first kappa shape index (κ1) is 17.0. The Morgan fingerprint density at radius 2 is 1.85 bits per heavy atom. The summed E-state index contributed by atoms with van der Waals surface area (Å²) in [6.45, 7) is 0.126. The van der Waals surface area contributed by atoms with Crippen molar-refractivity contribution >= 4 is 38.5 Å². The third-order valence-corrected chi connectivity index (χ3v) is 5.47. The highest BCUT2D eigenvalue weighted by Gasteiger charge is 2.29. The van der Waals surface area contributed by atoms with Gasteiger partial charge in [-0.25, -0.2) is 13.2 Å². The zero-order valence-corrected chi connectivity index (χ0v) is 14.8. The number of carbonyl (C=O) groups excluding carboxylic acids is 1. The molecule has 9 nitrogen and oxygen atoms in total. The summed E-state index contributed by atoms with van der Waals surface area (Å²) in [5.74, 6) is -0.0320. The summed E-state index contributed by atoms with van der Waals surface area (Å²) in [5.41, 5.74) is 1.97. The molecule has 0 unspecified atom stereocenters. The molecule has 0 saturated carbocycles. The van der Waals surface area contributed by atoms with Crippen LogP contribution in [-0.4, -0.2) is 36.7 Å². The summed E-state index contributed by atoms with van der Waals surface area (Å²) in [6.07, 6.45) is 0.0785. The maximum atomic E-state index is 12.1. The smallest absolute Gasteiger partial charge is 0.323 e. The van der Waals surface area contributed by atoms with Crippen LogP contribution in [0.15, 0.2) is 57.1 Å². The van der Waals surface area contributed by atoms with Gasteiger partial charge in [-0.1, -0.05) is 12.1 Å². The van der Waals surface area contributed by atoms with Crippen LogP contribution in [0.3, 0.4) is 0 Å². The van der Waals surface area contributed by atoms with Gasteiger partial charge in [-0.3, -0.25) is 14.5 Å².